The number of para-hydroxylation sites is 1. The zero-order valence-corrected chi connectivity index (χ0v) is 21.8. The third-order valence-corrected chi connectivity index (χ3v) is 6.85. The maximum atomic E-state index is 13.3. The normalized spacial score (nSPS) is 14.6. The molecule has 0 aliphatic carbocycles. The molecule has 3 aromatic rings. The van der Waals surface area contributed by atoms with Crippen LogP contribution in [-0.4, -0.2) is 70.9 Å². The van der Waals surface area contributed by atoms with Gasteiger partial charge in [-0.05, 0) is 37.8 Å². The molecule has 3 N–H and O–H groups in total. The molecule has 0 unspecified atom stereocenters. The number of rotatable bonds is 10. The van der Waals surface area contributed by atoms with Gasteiger partial charge in [0.05, 0.1) is 23.8 Å². The Bertz CT molecular complexity index is 1280. The molecule has 0 saturated carbocycles. The van der Waals surface area contributed by atoms with Gasteiger partial charge in [-0.25, -0.2) is 0 Å². The Labute approximate surface area is 221 Å². The molecule has 0 bridgehead atoms. The number of aromatic nitrogens is 2. The number of benzene rings is 2. The number of likely N-dealkylation sites (tertiary alicyclic amines) is 1. The van der Waals surface area contributed by atoms with Crippen molar-refractivity contribution in [1.82, 2.24) is 25.7 Å². The number of carbonyl (C=O) groups excluding carboxylic acids is 4. The third kappa shape index (κ3) is 6.56. The summed E-state index contributed by atoms with van der Waals surface area (Å²) in [6, 6.07) is 13.1. The zero-order valence-electron chi connectivity index (χ0n) is 21.8. The predicted octanol–water partition coefficient (Wildman–Crippen LogP) is 2.16. The Morgan fingerprint density at radius 1 is 1.03 bits per heavy atom. The number of fused-ring (bicyclic) bond motifs is 1. The molecule has 1 aliphatic heterocycles. The van der Waals surface area contributed by atoms with Crippen molar-refractivity contribution in [1.29, 1.82) is 0 Å². The number of likely N-dealkylation sites (N-methyl/N-ethyl adjacent to an activating group) is 1. The van der Waals surface area contributed by atoms with Crippen LogP contribution in [-0.2, 0) is 25.6 Å². The molecule has 2 heterocycles. The van der Waals surface area contributed by atoms with Gasteiger partial charge in [0.25, 0.3) is 0 Å². The molecule has 1 aliphatic rings. The Hall–Kier alpha value is -4.21. The second-order valence-electron chi connectivity index (χ2n) is 9.64. The number of aromatic amines is 1. The first-order valence-corrected chi connectivity index (χ1v) is 12.9. The van der Waals surface area contributed by atoms with E-state index in [0.29, 0.717) is 30.7 Å². The van der Waals surface area contributed by atoms with E-state index in [-0.39, 0.29) is 30.6 Å². The summed E-state index contributed by atoms with van der Waals surface area (Å²) in [5.41, 5.74) is 2.34. The third-order valence-electron chi connectivity index (χ3n) is 6.85. The quantitative estimate of drug-likeness (QED) is 0.379. The summed E-state index contributed by atoms with van der Waals surface area (Å²) in [4.78, 5) is 55.2. The van der Waals surface area contributed by atoms with Gasteiger partial charge < -0.3 is 20.4 Å². The van der Waals surface area contributed by atoms with Gasteiger partial charge in [0.15, 0.2) is 0 Å². The van der Waals surface area contributed by atoms with Crippen molar-refractivity contribution in [2.24, 2.45) is 0 Å². The molecule has 1 aromatic heterocycles. The van der Waals surface area contributed by atoms with Crippen LogP contribution in [0.4, 0.5) is 5.69 Å². The smallest absolute Gasteiger partial charge is 0.249 e. The fraction of sp³-hybridized carbons (Fsp3) is 0.393. The highest BCUT2D eigenvalue weighted by molar-refractivity contribution is 6.05. The van der Waals surface area contributed by atoms with Crippen LogP contribution < -0.4 is 15.5 Å². The molecular formula is C28H34N6O4. The molecule has 4 rings (SSSR count). The van der Waals surface area contributed by atoms with Crippen LogP contribution >= 0.6 is 0 Å². The van der Waals surface area contributed by atoms with E-state index in [0.717, 1.165) is 23.8 Å². The maximum absolute atomic E-state index is 13.3. The topological polar surface area (TPSA) is 128 Å². The van der Waals surface area contributed by atoms with Gasteiger partial charge in [0, 0.05) is 31.9 Å². The number of H-pyrrole nitrogens is 1. The summed E-state index contributed by atoms with van der Waals surface area (Å²) in [5, 5.41) is 13.2. The van der Waals surface area contributed by atoms with Crippen LogP contribution in [0.25, 0.3) is 10.9 Å². The summed E-state index contributed by atoms with van der Waals surface area (Å²) < 4.78 is 0. The van der Waals surface area contributed by atoms with Crippen molar-refractivity contribution in [2.75, 3.05) is 25.0 Å². The highest BCUT2D eigenvalue weighted by Crippen LogP contribution is 2.24. The van der Waals surface area contributed by atoms with Crippen LogP contribution in [0, 0.1) is 0 Å². The zero-order chi connectivity index (χ0) is 27.1. The number of hydrogen-bond acceptors (Lipinski definition) is 5. The van der Waals surface area contributed by atoms with Gasteiger partial charge in [0.1, 0.15) is 12.1 Å². The van der Waals surface area contributed by atoms with Crippen molar-refractivity contribution in [3.05, 3.63) is 60.3 Å². The highest BCUT2D eigenvalue weighted by atomic mass is 16.2. The van der Waals surface area contributed by atoms with E-state index in [2.05, 4.69) is 20.8 Å². The van der Waals surface area contributed by atoms with Crippen LogP contribution in [0.1, 0.15) is 38.2 Å². The van der Waals surface area contributed by atoms with Crippen molar-refractivity contribution in [3.8, 4) is 0 Å². The molecular weight excluding hydrogens is 484 g/mol. The standard InChI is InChI=1S/C28H34N6O4/c1-19(28(38)33(2)23-12-8-11-21-18-29-32-26(21)23)30-27(37)22(17-25(36)34-15-6-7-16-34)31-24(35)14-13-20-9-4-3-5-10-20/h3-5,8-12,18-19,22H,6-7,13-17H2,1-2H3,(H,29,32)(H,30,37)(H,31,35)/t19-,22-/m0/s1. The number of amides is 4. The maximum Gasteiger partial charge on any atom is 0.249 e. The minimum atomic E-state index is -1.08. The number of anilines is 1. The first-order chi connectivity index (χ1) is 18.3. The SMILES string of the molecule is C[C@H](NC(=O)[C@H](CC(=O)N1CCCC1)NC(=O)CCc1ccccc1)C(=O)N(C)c1cccc2cn[nH]c12. The molecule has 4 amide bonds. The summed E-state index contributed by atoms with van der Waals surface area (Å²) >= 11 is 0. The Morgan fingerprint density at radius 2 is 1.76 bits per heavy atom. The van der Waals surface area contributed by atoms with Gasteiger partial charge >= 0.3 is 0 Å². The van der Waals surface area contributed by atoms with Gasteiger partial charge in [-0.1, -0.05) is 42.5 Å². The fourth-order valence-corrected chi connectivity index (χ4v) is 4.67. The van der Waals surface area contributed by atoms with Crippen LogP contribution in [0.5, 0.6) is 0 Å². The molecule has 200 valence electrons. The Balaban J connectivity index is 1.41. The van der Waals surface area contributed by atoms with E-state index in [9.17, 15) is 19.2 Å². The average Bonchev–Trinajstić information content (AvgIpc) is 3.64. The fourth-order valence-electron chi connectivity index (χ4n) is 4.67. The van der Waals surface area contributed by atoms with Crippen molar-refractivity contribution in [2.45, 2.75) is 51.1 Å². The number of aryl methyl sites for hydroxylation is 1. The molecule has 2 atom stereocenters. The lowest BCUT2D eigenvalue weighted by Gasteiger charge is -2.25. The molecule has 1 fully saturated rings. The molecule has 10 nitrogen and oxygen atoms in total. The van der Waals surface area contributed by atoms with E-state index in [1.807, 2.05) is 42.5 Å². The lowest BCUT2D eigenvalue weighted by atomic mass is 10.1. The molecule has 10 heteroatoms. The lowest BCUT2D eigenvalue weighted by Crippen LogP contribution is -2.54. The van der Waals surface area contributed by atoms with Crippen molar-refractivity contribution < 1.29 is 19.2 Å². The van der Waals surface area contributed by atoms with E-state index >= 15 is 0 Å². The van der Waals surface area contributed by atoms with E-state index in [4.69, 9.17) is 0 Å². The minimum Gasteiger partial charge on any atom is -0.344 e. The van der Waals surface area contributed by atoms with Gasteiger partial charge in [-0.2, -0.15) is 5.10 Å². The summed E-state index contributed by atoms with van der Waals surface area (Å²) in [5.74, 6) is -1.43. The molecule has 1 saturated heterocycles. The molecule has 0 radical (unpaired) electrons. The molecule has 0 spiro atoms. The van der Waals surface area contributed by atoms with Gasteiger partial charge in [0.2, 0.25) is 23.6 Å². The summed E-state index contributed by atoms with van der Waals surface area (Å²) in [6.07, 6.45) is 4.05. The van der Waals surface area contributed by atoms with Gasteiger partial charge in [-0.3, -0.25) is 24.3 Å². The monoisotopic (exact) mass is 518 g/mol. The average molecular weight is 519 g/mol. The summed E-state index contributed by atoms with van der Waals surface area (Å²) in [7, 11) is 1.63. The second kappa shape index (κ2) is 12.4. The van der Waals surface area contributed by atoms with Crippen molar-refractivity contribution >= 4 is 40.2 Å². The minimum absolute atomic E-state index is 0.160. The Morgan fingerprint density at radius 3 is 2.50 bits per heavy atom. The number of carbonyl (C=O) groups is 4. The van der Waals surface area contributed by atoms with E-state index < -0.39 is 18.0 Å². The largest absolute Gasteiger partial charge is 0.344 e. The van der Waals surface area contributed by atoms with Gasteiger partial charge in [-0.15, -0.1) is 0 Å². The first kappa shape index (κ1) is 26.8. The van der Waals surface area contributed by atoms with Crippen LogP contribution in [0.15, 0.2) is 54.7 Å². The molecule has 38 heavy (non-hydrogen) atoms. The number of nitrogens with zero attached hydrogens (tertiary/aromatic N) is 3. The van der Waals surface area contributed by atoms with E-state index in [1.165, 1.54) is 4.90 Å². The van der Waals surface area contributed by atoms with Crippen LogP contribution in [0.3, 0.4) is 0 Å². The first-order valence-electron chi connectivity index (χ1n) is 12.9. The van der Waals surface area contributed by atoms with E-state index in [1.54, 1.807) is 31.1 Å². The predicted molar refractivity (Wildman–Crippen MR) is 144 cm³/mol. The Kier molecular flexibility index (Phi) is 8.73. The number of hydrogen-bond donors (Lipinski definition) is 3. The second-order valence-corrected chi connectivity index (χ2v) is 9.64. The van der Waals surface area contributed by atoms with Crippen molar-refractivity contribution in [3.63, 3.8) is 0 Å². The number of nitrogens with one attached hydrogen (secondary N) is 3. The lowest BCUT2D eigenvalue weighted by molar-refractivity contribution is -0.136. The molecule has 2 aromatic carbocycles. The van der Waals surface area contributed by atoms with Crippen LogP contribution in [0.2, 0.25) is 0 Å². The summed E-state index contributed by atoms with van der Waals surface area (Å²) in [6.45, 7) is 2.88. The highest BCUT2D eigenvalue weighted by Gasteiger charge is 2.30.